The number of pyridine rings is 1. The van der Waals surface area contributed by atoms with Gasteiger partial charge in [0.25, 0.3) is 0 Å². The van der Waals surface area contributed by atoms with Crippen LogP contribution in [0.2, 0.25) is 10.0 Å². The lowest BCUT2D eigenvalue weighted by Crippen LogP contribution is -2.12. The van der Waals surface area contributed by atoms with Gasteiger partial charge in [0.1, 0.15) is 24.6 Å². The van der Waals surface area contributed by atoms with Gasteiger partial charge in [0.2, 0.25) is 0 Å². The molecule has 0 unspecified atom stereocenters. The number of esters is 1. The molecule has 1 aromatic carbocycles. The second-order valence-corrected chi connectivity index (χ2v) is 5.56. The van der Waals surface area contributed by atoms with Crippen molar-refractivity contribution in [3.05, 3.63) is 58.3 Å². The number of nitrogens with zero attached hydrogens (tertiary/aromatic N) is 1. The van der Waals surface area contributed by atoms with E-state index < -0.39 is 5.97 Å². The highest BCUT2D eigenvalue weighted by molar-refractivity contribution is 6.34. The zero-order chi connectivity index (χ0) is 16.2. The van der Waals surface area contributed by atoms with Crippen LogP contribution in [0.4, 0.5) is 0 Å². The number of hydrogen-bond donors (Lipinski definition) is 1. The SMILES string of the molecule is O=C(OCCOc1cc(Cl)cc(Cl)c1)c1ccnc2[nH]ccc12. The van der Waals surface area contributed by atoms with Crippen LogP contribution in [0.15, 0.2) is 42.7 Å². The van der Waals surface area contributed by atoms with Crippen molar-refractivity contribution in [2.75, 3.05) is 13.2 Å². The normalized spacial score (nSPS) is 10.7. The first-order valence-corrected chi connectivity index (χ1v) is 7.57. The predicted molar refractivity (Wildman–Crippen MR) is 88.3 cm³/mol. The molecule has 0 aliphatic rings. The van der Waals surface area contributed by atoms with E-state index in [1.165, 1.54) is 0 Å². The standard InChI is InChI=1S/C16H12Cl2N2O3/c17-10-7-11(18)9-12(8-10)22-5-6-23-16(21)14-2-4-20-15-13(14)1-3-19-15/h1-4,7-9H,5-6H2,(H,19,20). The molecule has 0 radical (unpaired) electrons. The minimum Gasteiger partial charge on any atom is -0.490 e. The van der Waals surface area contributed by atoms with Crippen LogP contribution >= 0.6 is 23.2 Å². The van der Waals surface area contributed by atoms with Crippen LogP contribution in [-0.2, 0) is 4.74 Å². The first-order valence-electron chi connectivity index (χ1n) is 6.81. The summed E-state index contributed by atoms with van der Waals surface area (Å²) in [6.45, 7) is 0.307. The Hall–Kier alpha value is -2.24. The zero-order valence-corrected chi connectivity index (χ0v) is 13.4. The number of carbonyl (C=O) groups excluding carboxylic acids is 1. The molecule has 3 rings (SSSR count). The van der Waals surface area contributed by atoms with Crippen molar-refractivity contribution < 1.29 is 14.3 Å². The maximum absolute atomic E-state index is 12.1. The third-order valence-electron chi connectivity index (χ3n) is 3.10. The van der Waals surface area contributed by atoms with Crippen molar-refractivity contribution in [2.24, 2.45) is 0 Å². The van der Waals surface area contributed by atoms with Crippen molar-refractivity contribution in [1.82, 2.24) is 9.97 Å². The van der Waals surface area contributed by atoms with Gasteiger partial charge in [-0.25, -0.2) is 9.78 Å². The van der Waals surface area contributed by atoms with Crippen LogP contribution in [0.3, 0.4) is 0 Å². The monoisotopic (exact) mass is 350 g/mol. The second-order valence-electron chi connectivity index (χ2n) is 4.69. The molecular formula is C16H12Cl2N2O3. The molecular weight excluding hydrogens is 339 g/mol. The fourth-order valence-electron chi connectivity index (χ4n) is 2.12. The van der Waals surface area contributed by atoms with E-state index in [-0.39, 0.29) is 13.2 Å². The van der Waals surface area contributed by atoms with Crippen LogP contribution < -0.4 is 4.74 Å². The Labute approximate surface area is 142 Å². The molecule has 7 heteroatoms. The highest BCUT2D eigenvalue weighted by Crippen LogP contribution is 2.24. The first-order chi connectivity index (χ1) is 11.1. The Morgan fingerprint density at radius 2 is 1.91 bits per heavy atom. The number of halogens is 2. The Morgan fingerprint density at radius 3 is 2.70 bits per heavy atom. The van der Waals surface area contributed by atoms with Gasteiger partial charge < -0.3 is 14.5 Å². The number of fused-ring (bicyclic) bond motifs is 1. The van der Waals surface area contributed by atoms with Crippen molar-refractivity contribution in [1.29, 1.82) is 0 Å². The molecule has 0 aliphatic heterocycles. The molecule has 1 N–H and O–H groups in total. The topological polar surface area (TPSA) is 64.2 Å². The van der Waals surface area contributed by atoms with Gasteiger partial charge in [0.15, 0.2) is 0 Å². The van der Waals surface area contributed by atoms with Crippen LogP contribution in [0, 0.1) is 0 Å². The minimum atomic E-state index is -0.426. The van der Waals surface area contributed by atoms with Gasteiger partial charge in [0.05, 0.1) is 5.56 Å². The number of aromatic nitrogens is 2. The summed E-state index contributed by atoms with van der Waals surface area (Å²) in [7, 11) is 0. The lowest BCUT2D eigenvalue weighted by molar-refractivity contribution is 0.0452. The van der Waals surface area contributed by atoms with E-state index in [4.69, 9.17) is 32.7 Å². The highest BCUT2D eigenvalue weighted by Gasteiger charge is 2.12. The van der Waals surface area contributed by atoms with E-state index in [1.807, 2.05) is 0 Å². The van der Waals surface area contributed by atoms with Gasteiger partial charge in [-0.3, -0.25) is 0 Å². The number of rotatable bonds is 5. The molecule has 0 amide bonds. The van der Waals surface area contributed by atoms with Gasteiger partial charge in [-0.15, -0.1) is 0 Å². The maximum atomic E-state index is 12.1. The smallest absolute Gasteiger partial charge is 0.339 e. The Bertz CT molecular complexity index is 828. The molecule has 0 saturated heterocycles. The van der Waals surface area contributed by atoms with Crippen LogP contribution in [0.1, 0.15) is 10.4 Å². The number of aromatic amines is 1. The van der Waals surface area contributed by atoms with E-state index >= 15 is 0 Å². The summed E-state index contributed by atoms with van der Waals surface area (Å²) in [5.41, 5.74) is 1.10. The molecule has 118 valence electrons. The fourth-order valence-corrected chi connectivity index (χ4v) is 2.63. The molecule has 0 saturated carbocycles. The molecule has 0 aliphatic carbocycles. The maximum Gasteiger partial charge on any atom is 0.339 e. The molecule has 0 spiro atoms. The average Bonchev–Trinajstić information content (AvgIpc) is 2.99. The third-order valence-corrected chi connectivity index (χ3v) is 3.54. The zero-order valence-electron chi connectivity index (χ0n) is 11.9. The summed E-state index contributed by atoms with van der Waals surface area (Å²) >= 11 is 11.8. The van der Waals surface area contributed by atoms with Crippen LogP contribution in [-0.4, -0.2) is 29.2 Å². The summed E-state index contributed by atoms with van der Waals surface area (Å²) in [4.78, 5) is 19.2. The van der Waals surface area contributed by atoms with Crippen molar-refractivity contribution in [3.8, 4) is 5.75 Å². The molecule has 0 fully saturated rings. The molecule has 0 atom stereocenters. The Morgan fingerprint density at radius 1 is 1.13 bits per heavy atom. The highest BCUT2D eigenvalue weighted by atomic mass is 35.5. The molecule has 0 bridgehead atoms. The molecule has 2 aromatic heterocycles. The van der Waals surface area contributed by atoms with Gasteiger partial charge >= 0.3 is 5.97 Å². The molecule has 5 nitrogen and oxygen atoms in total. The van der Waals surface area contributed by atoms with E-state index in [0.29, 0.717) is 27.0 Å². The largest absolute Gasteiger partial charge is 0.490 e. The number of hydrogen-bond acceptors (Lipinski definition) is 4. The predicted octanol–water partition coefficient (Wildman–Crippen LogP) is 4.11. The Kier molecular flexibility index (Phi) is 4.69. The van der Waals surface area contributed by atoms with Gasteiger partial charge in [-0.1, -0.05) is 23.2 Å². The quantitative estimate of drug-likeness (QED) is 0.555. The number of nitrogens with one attached hydrogen (secondary N) is 1. The van der Waals surface area contributed by atoms with E-state index in [1.54, 1.807) is 42.7 Å². The van der Waals surface area contributed by atoms with Crippen molar-refractivity contribution in [2.45, 2.75) is 0 Å². The fraction of sp³-hybridized carbons (Fsp3) is 0.125. The average molecular weight is 351 g/mol. The number of H-pyrrole nitrogens is 1. The minimum absolute atomic E-state index is 0.108. The summed E-state index contributed by atoms with van der Waals surface area (Å²) in [5.74, 6) is 0.0974. The third kappa shape index (κ3) is 3.75. The number of carbonyl (C=O) groups is 1. The van der Waals surface area contributed by atoms with Crippen molar-refractivity contribution in [3.63, 3.8) is 0 Å². The van der Waals surface area contributed by atoms with Crippen molar-refractivity contribution >= 4 is 40.2 Å². The van der Waals surface area contributed by atoms with Gasteiger partial charge in [-0.05, 0) is 30.3 Å². The van der Waals surface area contributed by atoms with E-state index in [9.17, 15) is 4.79 Å². The van der Waals surface area contributed by atoms with Crippen LogP contribution in [0.25, 0.3) is 11.0 Å². The molecule has 3 aromatic rings. The van der Waals surface area contributed by atoms with E-state index in [2.05, 4.69) is 9.97 Å². The molecule has 2 heterocycles. The summed E-state index contributed by atoms with van der Waals surface area (Å²) in [5, 5.41) is 1.69. The first kappa shape index (κ1) is 15.6. The second kappa shape index (κ2) is 6.89. The molecule has 23 heavy (non-hydrogen) atoms. The van der Waals surface area contributed by atoms with Crippen LogP contribution in [0.5, 0.6) is 5.75 Å². The Balaban J connectivity index is 1.56. The lowest BCUT2D eigenvalue weighted by Gasteiger charge is -2.08. The number of benzene rings is 1. The lowest BCUT2D eigenvalue weighted by atomic mass is 10.2. The summed E-state index contributed by atoms with van der Waals surface area (Å²) in [6, 6.07) is 8.30. The summed E-state index contributed by atoms with van der Waals surface area (Å²) in [6.07, 6.45) is 3.28. The summed E-state index contributed by atoms with van der Waals surface area (Å²) < 4.78 is 10.7. The van der Waals surface area contributed by atoms with Gasteiger partial charge in [-0.2, -0.15) is 0 Å². The van der Waals surface area contributed by atoms with E-state index in [0.717, 1.165) is 5.39 Å². The van der Waals surface area contributed by atoms with Gasteiger partial charge in [0, 0.05) is 27.8 Å². The number of ether oxygens (including phenoxy) is 2.